The van der Waals surface area contributed by atoms with E-state index in [-0.39, 0.29) is 12.7 Å². The molecule has 0 spiro atoms. The van der Waals surface area contributed by atoms with E-state index in [4.69, 9.17) is 17.0 Å². The van der Waals surface area contributed by atoms with Crippen LogP contribution in [0, 0.1) is 5.92 Å². The van der Waals surface area contributed by atoms with Crippen LogP contribution in [0.4, 0.5) is 0 Å². The number of hydrogen-bond acceptors (Lipinski definition) is 0. The Morgan fingerprint density at radius 2 is 1.20 bits per heavy atom. The molecule has 4 aromatic rings. The topological polar surface area (TPSA) is 0 Å². The van der Waals surface area contributed by atoms with Gasteiger partial charge in [-0.3, -0.25) is 0 Å². The zero-order chi connectivity index (χ0) is 34.9. The van der Waals surface area contributed by atoms with Crippen LogP contribution in [-0.2, 0) is 21.0 Å². The van der Waals surface area contributed by atoms with E-state index in [0.29, 0.717) is 11.8 Å². The minimum absolute atomic E-state index is 0.108. The summed E-state index contributed by atoms with van der Waals surface area (Å²) in [5, 5.41) is 0. The molecule has 0 heterocycles. The molecule has 255 valence electrons. The number of rotatable bonds is 7. The summed E-state index contributed by atoms with van der Waals surface area (Å²) in [7, 11) is 17.5. The second kappa shape index (κ2) is 12.9. The van der Waals surface area contributed by atoms with E-state index in [1.54, 1.807) is 5.57 Å². The third kappa shape index (κ3) is 5.90. The van der Waals surface area contributed by atoms with Gasteiger partial charge in [-0.25, -0.2) is 0 Å². The molecule has 0 nitrogen and oxygen atoms in total. The molecule has 0 N–H and O–H groups in total. The standard InChI is InChI=1S/C24H27.C19H19.C2H7Si.2ClH.Zr/c1-24(2,3)21-13-11-18(12-14-21)22-10-6-9-19-15-20(16-23(19)22)17-7-4-5-8-17;1-13(2)15-7-9-16(10-8-15)18-6-4-5-17-11-14(3)12-19(17)18;1-3-2;;;/h6,9-17H,4-5,7-8H2,1-3H3;4-13H,1-3H3;3H,1-2H3;2*1H;/q;;;;;+2/p-2. The molecule has 7 rings (SSSR count). The van der Waals surface area contributed by atoms with Crippen molar-refractivity contribution in [3.8, 4) is 22.3 Å². The number of hydrogen-bond donors (Lipinski definition) is 0. The third-order valence-electron chi connectivity index (χ3n) is 12.4. The van der Waals surface area contributed by atoms with E-state index in [9.17, 15) is 0 Å². The second-order valence-electron chi connectivity index (χ2n) is 17.0. The molecule has 0 radical (unpaired) electrons. The summed E-state index contributed by atoms with van der Waals surface area (Å²) in [5.74, 6) is -0.552. The van der Waals surface area contributed by atoms with Crippen LogP contribution in [0.15, 0.2) is 96.1 Å². The van der Waals surface area contributed by atoms with Gasteiger partial charge in [0.25, 0.3) is 0 Å². The Bertz CT molecular complexity index is 1950. The van der Waals surface area contributed by atoms with Crippen LogP contribution in [-0.4, -0.2) is 5.92 Å². The third-order valence-corrected chi connectivity index (χ3v) is 64.3. The fraction of sp³-hybridized carbons (Fsp3) is 0.378. The molecule has 0 saturated heterocycles. The van der Waals surface area contributed by atoms with Gasteiger partial charge in [-0.1, -0.05) is 0 Å². The molecule has 2 unspecified atom stereocenters. The van der Waals surface area contributed by atoms with Gasteiger partial charge in [0.05, 0.1) is 0 Å². The Balaban J connectivity index is 1.40. The summed E-state index contributed by atoms with van der Waals surface area (Å²) < 4.78 is 0.244. The van der Waals surface area contributed by atoms with E-state index in [1.165, 1.54) is 86.9 Å². The Hall–Kier alpha value is -1.96. The molecule has 1 fully saturated rings. The van der Waals surface area contributed by atoms with Gasteiger partial charge in [-0.05, 0) is 0 Å². The summed E-state index contributed by atoms with van der Waals surface area (Å²) in [6.45, 7) is 18.7. The van der Waals surface area contributed by atoms with Gasteiger partial charge in [-0.15, -0.1) is 0 Å². The van der Waals surface area contributed by atoms with Crippen molar-refractivity contribution in [2.75, 3.05) is 0 Å². The predicted molar refractivity (Wildman–Crippen MR) is 216 cm³/mol. The van der Waals surface area contributed by atoms with Gasteiger partial charge in [0, 0.05) is 0 Å². The van der Waals surface area contributed by atoms with E-state index in [2.05, 4.69) is 152 Å². The Morgan fingerprint density at radius 3 is 1.71 bits per heavy atom. The summed E-state index contributed by atoms with van der Waals surface area (Å²) >= 11 is -4.83. The quantitative estimate of drug-likeness (QED) is 0.164. The van der Waals surface area contributed by atoms with Crippen LogP contribution < -0.4 is 0 Å². The maximum atomic E-state index is 8.74. The van der Waals surface area contributed by atoms with Gasteiger partial charge in [0.15, 0.2) is 0 Å². The normalized spacial score (nSPS) is 20.3. The van der Waals surface area contributed by atoms with Crippen LogP contribution >= 0.6 is 17.0 Å². The average molecular weight is 784 g/mol. The van der Waals surface area contributed by atoms with Crippen molar-refractivity contribution in [1.82, 2.24) is 0 Å². The van der Waals surface area contributed by atoms with Crippen molar-refractivity contribution in [3.63, 3.8) is 0 Å². The predicted octanol–water partition coefficient (Wildman–Crippen LogP) is 14.2. The van der Waals surface area contributed by atoms with Crippen molar-refractivity contribution in [2.45, 2.75) is 98.9 Å². The zero-order valence-electron chi connectivity index (χ0n) is 30.7. The Kier molecular flexibility index (Phi) is 9.34. The van der Waals surface area contributed by atoms with Crippen LogP contribution in [0.3, 0.4) is 0 Å². The van der Waals surface area contributed by atoms with E-state index in [0.717, 1.165) is 0 Å². The molecule has 0 aliphatic heterocycles. The molecule has 0 aromatic heterocycles. The average Bonchev–Trinajstić information content (AvgIpc) is 3.81. The van der Waals surface area contributed by atoms with Gasteiger partial charge < -0.3 is 0 Å². The maximum absolute atomic E-state index is 8.74. The number of allylic oxidation sites excluding steroid dienone is 2. The van der Waals surface area contributed by atoms with E-state index < -0.39 is 21.5 Å². The molecule has 0 bridgehead atoms. The molecule has 2 atom stereocenters. The van der Waals surface area contributed by atoms with Crippen LogP contribution in [0.1, 0.15) is 114 Å². The first-order valence-corrected chi connectivity index (χ1v) is 35.0. The summed E-state index contributed by atoms with van der Waals surface area (Å²) in [6, 6.07) is 32.4. The first kappa shape index (κ1) is 35.4. The van der Waals surface area contributed by atoms with E-state index in [1.807, 2.05) is 0 Å². The number of fused-ring (bicyclic) bond motifs is 2. The molecule has 3 aliphatic rings. The zero-order valence-corrected chi connectivity index (χ0v) is 35.8. The molecular weight excluding hydrogens is 731 g/mol. The van der Waals surface area contributed by atoms with Crippen molar-refractivity contribution in [2.24, 2.45) is 5.92 Å². The van der Waals surface area contributed by atoms with Crippen molar-refractivity contribution >= 4 is 35.1 Å². The Labute approximate surface area is 304 Å². The molecular formula is C45H53Cl2SiZr. The van der Waals surface area contributed by atoms with Crippen molar-refractivity contribution in [3.05, 3.63) is 129 Å². The van der Waals surface area contributed by atoms with Gasteiger partial charge >= 0.3 is 307 Å². The SMILES string of the molecule is CC1=Cc2c(-c3ccc(C(C)C)cc3)cccc2[CH]1[Zr]([Cl])([Cl])([CH]1C(C2CCCC2)=Cc2c(-c3ccc(C(C)(C)C)cc3)cccc21)[SiH](C)C. The fourth-order valence-corrected chi connectivity index (χ4v) is 41.4. The minimum atomic E-state index is -4.83. The summed E-state index contributed by atoms with van der Waals surface area (Å²) in [5.41, 5.74) is 16.4. The van der Waals surface area contributed by atoms with Gasteiger partial charge in [-0.2, -0.15) is 0 Å². The fourth-order valence-electron chi connectivity index (χ4n) is 9.47. The molecule has 0 amide bonds. The molecule has 3 aliphatic carbocycles. The van der Waals surface area contributed by atoms with Crippen LogP contribution in [0.25, 0.3) is 34.4 Å². The van der Waals surface area contributed by atoms with Crippen molar-refractivity contribution in [1.29, 1.82) is 0 Å². The van der Waals surface area contributed by atoms with Crippen LogP contribution in [0.2, 0.25) is 13.1 Å². The first-order valence-electron chi connectivity index (χ1n) is 18.6. The monoisotopic (exact) mass is 781 g/mol. The molecule has 1 saturated carbocycles. The summed E-state index contributed by atoms with van der Waals surface area (Å²) in [4.78, 5) is 0. The summed E-state index contributed by atoms with van der Waals surface area (Å²) in [6.07, 6.45) is 10.1. The van der Waals surface area contributed by atoms with Crippen molar-refractivity contribution < 1.29 is 15.6 Å². The van der Waals surface area contributed by atoms with E-state index >= 15 is 0 Å². The molecule has 4 aromatic carbocycles. The second-order valence-corrected chi connectivity index (χ2v) is 59.5. The van der Waals surface area contributed by atoms with Gasteiger partial charge in [0.2, 0.25) is 0 Å². The molecule has 49 heavy (non-hydrogen) atoms. The van der Waals surface area contributed by atoms with Crippen LogP contribution in [0.5, 0.6) is 0 Å². The Morgan fingerprint density at radius 1 is 0.694 bits per heavy atom. The molecule has 4 heteroatoms. The number of benzene rings is 4. The van der Waals surface area contributed by atoms with Gasteiger partial charge in [0.1, 0.15) is 0 Å². The first-order chi connectivity index (χ1) is 23.2. The number of halogens is 2.